The van der Waals surface area contributed by atoms with E-state index in [4.69, 9.17) is 16.0 Å². The Hall–Kier alpha value is -1.31. The third-order valence-corrected chi connectivity index (χ3v) is 3.81. The Balaban J connectivity index is 3.16. The second kappa shape index (κ2) is 6.74. The second-order valence-corrected chi connectivity index (χ2v) is 5.83. The zero-order chi connectivity index (χ0) is 14.5. The van der Waals surface area contributed by atoms with Crippen molar-refractivity contribution in [2.45, 2.75) is 24.7 Å². The van der Waals surface area contributed by atoms with Crippen molar-refractivity contribution in [1.29, 1.82) is 0 Å². The number of unbranched alkanes of at least 4 members (excludes halogenated alkanes) is 1. The molecule has 0 amide bonds. The zero-order valence-electron chi connectivity index (χ0n) is 11.0. The van der Waals surface area contributed by atoms with E-state index in [1.807, 2.05) is 4.90 Å². The maximum absolute atomic E-state index is 11.4. The first-order valence-corrected chi connectivity index (χ1v) is 7.73. The van der Waals surface area contributed by atoms with Gasteiger partial charge in [0, 0.05) is 13.1 Å². The highest BCUT2D eigenvalue weighted by Gasteiger charge is 2.17. The number of nitrogens with two attached hydrogens (primary N) is 2. The molecule has 0 saturated heterocycles. The van der Waals surface area contributed by atoms with Gasteiger partial charge in [-0.15, -0.1) is 0 Å². The first kappa shape index (κ1) is 15.7. The maximum Gasteiger partial charge on any atom is 0.240 e. The Kier molecular flexibility index (Phi) is 5.59. The highest BCUT2D eigenvalue weighted by atomic mass is 32.2. The van der Waals surface area contributed by atoms with Crippen molar-refractivity contribution in [1.82, 2.24) is 0 Å². The van der Waals surface area contributed by atoms with Crippen molar-refractivity contribution in [2.24, 2.45) is 5.14 Å². The molecule has 1 aromatic rings. The van der Waals surface area contributed by atoms with Crippen LogP contribution >= 0.6 is 0 Å². The molecule has 0 aliphatic heterocycles. The van der Waals surface area contributed by atoms with E-state index in [0.29, 0.717) is 18.8 Å². The van der Waals surface area contributed by atoms with Crippen LogP contribution in [0.1, 0.15) is 19.8 Å². The number of nitrogens with zero attached hydrogens (tertiary/aromatic N) is 1. The lowest BCUT2D eigenvalue weighted by atomic mass is 10.2. The predicted octanol–water partition coefficient (Wildman–Crippen LogP) is 0.515. The number of rotatable bonds is 7. The number of sulfonamides is 1. The molecular weight excluding hydrogens is 266 g/mol. The fraction of sp³-hybridized carbons (Fsp3) is 0.500. The lowest BCUT2D eigenvalue weighted by molar-refractivity contribution is 0.301. The number of anilines is 2. The minimum atomic E-state index is -3.84. The number of benzene rings is 1. The number of aliphatic hydroxyl groups excluding tert-OH is 1. The van der Waals surface area contributed by atoms with Gasteiger partial charge in [0.25, 0.3) is 0 Å². The summed E-state index contributed by atoms with van der Waals surface area (Å²) >= 11 is 0. The Morgan fingerprint density at radius 1 is 1.32 bits per heavy atom. The van der Waals surface area contributed by atoms with Gasteiger partial charge in [0.1, 0.15) is 4.90 Å². The van der Waals surface area contributed by atoms with Crippen LogP contribution < -0.4 is 15.8 Å². The van der Waals surface area contributed by atoms with Crippen LogP contribution in [-0.2, 0) is 10.0 Å². The van der Waals surface area contributed by atoms with E-state index in [-0.39, 0.29) is 17.2 Å². The average Bonchev–Trinajstić information content (AvgIpc) is 2.33. The van der Waals surface area contributed by atoms with E-state index in [1.54, 1.807) is 12.1 Å². The summed E-state index contributed by atoms with van der Waals surface area (Å²) in [4.78, 5) is 1.79. The maximum atomic E-state index is 11.4. The molecule has 0 aromatic heterocycles. The topological polar surface area (TPSA) is 110 Å². The molecular formula is C12H21N3O3S. The van der Waals surface area contributed by atoms with E-state index >= 15 is 0 Å². The molecule has 6 nitrogen and oxygen atoms in total. The molecule has 0 unspecified atom stereocenters. The van der Waals surface area contributed by atoms with Gasteiger partial charge in [-0.25, -0.2) is 13.6 Å². The summed E-state index contributed by atoms with van der Waals surface area (Å²) in [5, 5.41) is 14.2. The molecule has 0 radical (unpaired) electrons. The smallest absolute Gasteiger partial charge is 0.240 e. The minimum absolute atomic E-state index is 0.0250. The van der Waals surface area contributed by atoms with Crippen LogP contribution in [0.2, 0.25) is 0 Å². The van der Waals surface area contributed by atoms with Crippen LogP contribution in [0.3, 0.4) is 0 Å². The summed E-state index contributed by atoms with van der Waals surface area (Å²) in [5.74, 6) is 0. The first-order chi connectivity index (χ1) is 8.91. The number of para-hydroxylation sites is 1. The van der Waals surface area contributed by atoms with Gasteiger partial charge in [-0.05, 0) is 18.6 Å². The molecule has 0 saturated carbocycles. The molecule has 108 valence electrons. The third-order valence-electron chi connectivity index (χ3n) is 2.84. The van der Waals surface area contributed by atoms with Crippen molar-refractivity contribution >= 4 is 21.4 Å². The Morgan fingerprint density at radius 3 is 2.53 bits per heavy atom. The van der Waals surface area contributed by atoms with E-state index < -0.39 is 10.0 Å². The molecule has 5 N–H and O–H groups in total. The molecule has 0 fully saturated rings. The van der Waals surface area contributed by atoms with E-state index in [1.165, 1.54) is 6.07 Å². The van der Waals surface area contributed by atoms with Crippen LogP contribution in [0.4, 0.5) is 11.4 Å². The number of primary sulfonamides is 1. The van der Waals surface area contributed by atoms with Crippen LogP contribution in [0.5, 0.6) is 0 Å². The van der Waals surface area contributed by atoms with E-state index in [0.717, 1.165) is 12.8 Å². The molecule has 0 aliphatic rings. The summed E-state index contributed by atoms with van der Waals surface area (Å²) in [6, 6.07) is 4.71. The Bertz CT molecular complexity index is 517. The molecule has 0 heterocycles. The summed E-state index contributed by atoms with van der Waals surface area (Å²) in [5.41, 5.74) is 6.62. The number of hydrogen-bond donors (Lipinski definition) is 3. The zero-order valence-corrected chi connectivity index (χ0v) is 11.9. The largest absolute Gasteiger partial charge is 0.396 e. The molecule has 0 spiro atoms. The van der Waals surface area contributed by atoms with Crippen LogP contribution in [0.15, 0.2) is 23.1 Å². The standard InChI is InChI=1S/C12H21N3O3S/c1-2-3-7-15(8-9-16)10-5-4-6-11(12(10)13)19(14,17)18/h4-6,16H,2-3,7-9,13H2,1H3,(H2,14,17,18). The van der Waals surface area contributed by atoms with Crippen LogP contribution in [-0.4, -0.2) is 33.2 Å². The normalized spacial score (nSPS) is 11.5. The van der Waals surface area contributed by atoms with Crippen molar-refractivity contribution in [3.05, 3.63) is 18.2 Å². The second-order valence-electron chi connectivity index (χ2n) is 4.30. The molecule has 0 atom stereocenters. The number of aliphatic hydroxyl groups is 1. The Labute approximate surface area is 114 Å². The lowest BCUT2D eigenvalue weighted by Gasteiger charge is -2.26. The van der Waals surface area contributed by atoms with Gasteiger partial charge < -0.3 is 15.7 Å². The van der Waals surface area contributed by atoms with Crippen molar-refractivity contribution < 1.29 is 13.5 Å². The quantitative estimate of drug-likeness (QED) is 0.633. The fourth-order valence-corrected chi connectivity index (χ4v) is 2.56. The molecule has 19 heavy (non-hydrogen) atoms. The van der Waals surface area contributed by atoms with Gasteiger partial charge in [-0.1, -0.05) is 19.4 Å². The monoisotopic (exact) mass is 287 g/mol. The highest BCUT2D eigenvalue weighted by Crippen LogP contribution is 2.29. The van der Waals surface area contributed by atoms with Gasteiger partial charge in [0.2, 0.25) is 10.0 Å². The van der Waals surface area contributed by atoms with Gasteiger partial charge >= 0.3 is 0 Å². The SMILES string of the molecule is CCCCN(CCO)c1cccc(S(N)(=O)=O)c1N. The molecule has 0 aliphatic carbocycles. The molecule has 1 rings (SSSR count). The Morgan fingerprint density at radius 2 is 2.00 bits per heavy atom. The van der Waals surface area contributed by atoms with E-state index in [9.17, 15) is 8.42 Å². The van der Waals surface area contributed by atoms with Crippen molar-refractivity contribution in [3.8, 4) is 0 Å². The van der Waals surface area contributed by atoms with Crippen molar-refractivity contribution in [2.75, 3.05) is 30.3 Å². The van der Waals surface area contributed by atoms with Gasteiger partial charge in [-0.2, -0.15) is 0 Å². The lowest BCUT2D eigenvalue weighted by Crippen LogP contribution is -2.29. The molecule has 1 aromatic carbocycles. The van der Waals surface area contributed by atoms with E-state index in [2.05, 4.69) is 6.92 Å². The van der Waals surface area contributed by atoms with Crippen molar-refractivity contribution in [3.63, 3.8) is 0 Å². The molecule has 7 heteroatoms. The molecule has 0 bridgehead atoms. The highest BCUT2D eigenvalue weighted by molar-refractivity contribution is 7.89. The van der Waals surface area contributed by atoms with Crippen LogP contribution in [0, 0.1) is 0 Å². The summed E-state index contributed by atoms with van der Waals surface area (Å²) < 4.78 is 22.9. The number of hydrogen-bond acceptors (Lipinski definition) is 5. The third kappa shape index (κ3) is 4.09. The fourth-order valence-electron chi connectivity index (χ4n) is 1.88. The summed E-state index contributed by atoms with van der Waals surface area (Å²) in [7, 11) is -3.84. The minimum Gasteiger partial charge on any atom is -0.396 e. The number of nitrogen functional groups attached to an aromatic ring is 1. The van der Waals surface area contributed by atoms with Crippen LogP contribution in [0.25, 0.3) is 0 Å². The van der Waals surface area contributed by atoms with Gasteiger partial charge in [-0.3, -0.25) is 0 Å². The van der Waals surface area contributed by atoms with Gasteiger partial charge in [0.15, 0.2) is 0 Å². The summed E-state index contributed by atoms with van der Waals surface area (Å²) in [6.07, 6.45) is 1.93. The predicted molar refractivity (Wildman–Crippen MR) is 76.4 cm³/mol. The average molecular weight is 287 g/mol. The first-order valence-electron chi connectivity index (χ1n) is 6.19. The summed E-state index contributed by atoms with van der Waals surface area (Å²) in [6.45, 7) is 3.14. The van der Waals surface area contributed by atoms with Gasteiger partial charge in [0.05, 0.1) is 18.0 Å².